The van der Waals surface area contributed by atoms with E-state index < -0.39 is 0 Å². The number of hydrogen-bond acceptors (Lipinski definition) is 3. The van der Waals surface area contributed by atoms with Gasteiger partial charge in [-0.25, -0.2) is 0 Å². The van der Waals surface area contributed by atoms with Crippen LogP contribution in [0.2, 0.25) is 0 Å². The van der Waals surface area contributed by atoms with E-state index >= 15 is 0 Å². The molecule has 1 saturated heterocycles. The van der Waals surface area contributed by atoms with Gasteiger partial charge in [0.2, 0.25) is 0 Å². The molecule has 0 spiro atoms. The van der Waals surface area contributed by atoms with Crippen LogP contribution in [-0.4, -0.2) is 49.3 Å². The number of nitrogens with zero attached hydrogens (tertiary/aromatic N) is 1. The Kier molecular flexibility index (Phi) is 4.58. The first-order valence-electron chi connectivity index (χ1n) is 4.88. The standard InChI is InChI=1S/C9H20N2O/c1-10-5-3-9-4-7-11(9)6-2-8-12/h9-10,12H,2-8H2,1H3. The van der Waals surface area contributed by atoms with Crippen LogP contribution in [0.15, 0.2) is 0 Å². The molecule has 1 atom stereocenters. The Hall–Kier alpha value is -0.120. The summed E-state index contributed by atoms with van der Waals surface area (Å²) in [6.45, 7) is 3.74. The smallest absolute Gasteiger partial charge is 0.0443 e. The van der Waals surface area contributed by atoms with Crippen molar-refractivity contribution in [3.8, 4) is 0 Å². The molecule has 1 heterocycles. The van der Waals surface area contributed by atoms with E-state index in [1.54, 1.807) is 0 Å². The molecule has 0 amide bonds. The lowest BCUT2D eigenvalue weighted by atomic mass is 9.99. The predicted molar refractivity (Wildman–Crippen MR) is 50.2 cm³/mol. The number of hydrogen-bond donors (Lipinski definition) is 2. The van der Waals surface area contributed by atoms with Crippen molar-refractivity contribution in [2.24, 2.45) is 0 Å². The lowest BCUT2D eigenvalue weighted by Gasteiger charge is -2.41. The molecule has 0 bridgehead atoms. The molecule has 72 valence electrons. The molecule has 1 fully saturated rings. The number of likely N-dealkylation sites (tertiary alicyclic amines) is 1. The first-order chi connectivity index (χ1) is 5.88. The third kappa shape index (κ3) is 2.73. The van der Waals surface area contributed by atoms with Crippen molar-refractivity contribution >= 4 is 0 Å². The zero-order valence-corrected chi connectivity index (χ0v) is 7.92. The van der Waals surface area contributed by atoms with Crippen molar-refractivity contribution in [3.05, 3.63) is 0 Å². The normalized spacial score (nSPS) is 24.0. The molecule has 1 rings (SSSR count). The average Bonchev–Trinajstić information content (AvgIpc) is 2.04. The highest BCUT2D eigenvalue weighted by Crippen LogP contribution is 2.19. The summed E-state index contributed by atoms with van der Waals surface area (Å²) in [5, 5.41) is 11.8. The topological polar surface area (TPSA) is 35.5 Å². The van der Waals surface area contributed by atoms with Crippen LogP contribution in [0.1, 0.15) is 19.3 Å². The molecular formula is C9H20N2O. The molecule has 0 saturated carbocycles. The Labute approximate surface area is 74.8 Å². The fourth-order valence-electron chi connectivity index (χ4n) is 1.70. The van der Waals surface area contributed by atoms with Crippen LogP contribution in [0.25, 0.3) is 0 Å². The largest absolute Gasteiger partial charge is 0.396 e. The fourth-order valence-corrected chi connectivity index (χ4v) is 1.70. The maximum atomic E-state index is 8.66. The third-order valence-corrected chi connectivity index (χ3v) is 2.60. The van der Waals surface area contributed by atoms with Gasteiger partial charge in [0.25, 0.3) is 0 Å². The Morgan fingerprint density at radius 1 is 1.58 bits per heavy atom. The van der Waals surface area contributed by atoms with E-state index in [4.69, 9.17) is 5.11 Å². The van der Waals surface area contributed by atoms with E-state index in [2.05, 4.69) is 10.2 Å². The summed E-state index contributed by atoms with van der Waals surface area (Å²) in [6.07, 6.45) is 3.52. The van der Waals surface area contributed by atoms with Gasteiger partial charge in [-0.1, -0.05) is 0 Å². The lowest BCUT2D eigenvalue weighted by Crippen LogP contribution is -2.49. The maximum Gasteiger partial charge on any atom is 0.0443 e. The molecule has 1 aliphatic rings. The summed E-state index contributed by atoms with van der Waals surface area (Å²) in [6, 6.07) is 0.781. The van der Waals surface area contributed by atoms with Gasteiger partial charge in [0.15, 0.2) is 0 Å². The molecule has 12 heavy (non-hydrogen) atoms. The van der Waals surface area contributed by atoms with E-state index in [0.29, 0.717) is 6.61 Å². The van der Waals surface area contributed by atoms with Gasteiger partial charge in [0.05, 0.1) is 0 Å². The molecule has 0 aromatic carbocycles. The van der Waals surface area contributed by atoms with Gasteiger partial charge in [0, 0.05) is 19.2 Å². The highest BCUT2D eigenvalue weighted by Gasteiger charge is 2.25. The van der Waals surface area contributed by atoms with E-state index in [0.717, 1.165) is 25.6 Å². The van der Waals surface area contributed by atoms with Crippen LogP contribution in [0.3, 0.4) is 0 Å². The van der Waals surface area contributed by atoms with Gasteiger partial charge < -0.3 is 15.3 Å². The zero-order valence-electron chi connectivity index (χ0n) is 7.92. The van der Waals surface area contributed by atoms with Crippen molar-refractivity contribution < 1.29 is 5.11 Å². The Morgan fingerprint density at radius 2 is 2.42 bits per heavy atom. The first kappa shape index (κ1) is 9.96. The second kappa shape index (κ2) is 5.51. The first-order valence-corrected chi connectivity index (χ1v) is 4.88. The molecule has 1 unspecified atom stereocenters. The minimum atomic E-state index is 0.329. The summed E-state index contributed by atoms with van der Waals surface area (Å²) < 4.78 is 0. The van der Waals surface area contributed by atoms with Crippen molar-refractivity contribution in [3.63, 3.8) is 0 Å². The maximum absolute atomic E-state index is 8.66. The van der Waals surface area contributed by atoms with Gasteiger partial charge in [-0.2, -0.15) is 0 Å². The van der Waals surface area contributed by atoms with Crippen LogP contribution in [0, 0.1) is 0 Å². The summed E-state index contributed by atoms with van der Waals surface area (Å²) in [7, 11) is 2.00. The number of nitrogens with one attached hydrogen (secondary N) is 1. The highest BCUT2D eigenvalue weighted by atomic mass is 16.3. The number of aliphatic hydroxyl groups excluding tert-OH is 1. The molecule has 3 heteroatoms. The van der Waals surface area contributed by atoms with Crippen LogP contribution in [0.4, 0.5) is 0 Å². The summed E-state index contributed by atoms with van der Waals surface area (Å²) in [4.78, 5) is 2.47. The summed E-state index contributed by atoms with van der Waals surface area (Å²) >= 11 is 0. The van der Waals surface area contributed by atoms with Gasteiger partial charge >= 0.3 is 0 Å². The Morgan fingerprint density at radius 3 is 2.92 bits per heavy atom. The van der Waals surface area contributed by atoms with Crippen molar-refractivity contribution in [2.75, 3.05) is 33.3 Å². The van der Waals surface area contributed by atoms with Gasteiger partial charge in [-0.15, -0.1) is 0 Å². The van der Waals surface area contributed by atoms with Gasteiger partial charge in [-0.05, 0) is 39.4 Å². The molecule has 1 aliphatic heterocycles. The van der Waals surface area contributed by atoms with Gasteiger partial charge in [0.1, 0.15) is 0 Å². The van der Waals surface area contributed by atoms with Crippen LogP contribution < -0.4 is 5.32 Å². The fraction of sp³-hybridized carbons (Fsp3) is 1.00. The summed E-state index contributed by atoms with van der Waals surface area (Å²) in [5.74, 6) is 0. The highest BCUT2D eigenvalue weighted by molar-refractivity contribution is 4.82. The molecule has 0 aromatic rings. The van der Waals surface area contributed by atoms with Crippen molar-refractivity contribution in [2.45, 2.75) is 25.3 Å². The predicted octanol–water partition coefficient (Wildman–Crippen LogP) is 0.0526. The molecule has 0 radical (unpaired) electrons. The quantitative estimate of drug-likeness (QED) is 0.594. The zero-order chi connectivity index (χ0) is 8.81. The molecule has 0 aliphatic carbocycles. The minimum absolute atomic E-state index is 0.329. The number of rotatable bonds is 6. The van der Waals surface area contributed by atoms with Crippen molar-refractivity contribution in [1.82, 2.24) is 10.2 Å². The minimum Gasteiger partial charge on any atom is -0.396 e. The molecule has 2 N–H and O–H groups in total. The lowest BCUT2D eigenvalue weighted by molar-refractivity contribution is 0.0763. The Bertz CT molecular complexity index is 105. The van der Waals surface area contributed by atoms with E-state index in [1.807, 2.05) is 7.05 Å². The van der Waals surface area contributed by atoms with E-state index in [9.17, 15) is 0 Å². The van der Waals surface area contributed by atoms with Crippen molar-refractivity contribution in [1.29, 1.82) is 0 Å². The molecule has 0 aromatic heterocycles. The molecule has 3 nitrogen and oxygen atoms in total. The van der Waals surface area contributed by atoms with E-state index in [1.165, 1.54) is 19.4 Å². The third-order valence-electron chi connectivity index (χ3n) is 2.60. The van der Waals surface area contributed by atoms with Crippen LogP contribution in [0.5, 0.6) is 0 Å². The van der Waals surface area contributed by atoms with Gasteiger partial charge in [-0.3, -0.25) is 0 Å². The second-order valence-electron chi connectivity index (χ2n) is 3.45. The Balaban J connectivity index is 2.03. The number of aliphatic hydroxyl groups is 1. The molecular weight excluding hydrogens is 152 g/mol. The van der Waals surface area contributed by atoms with Crippen LogP contribution in [-0.2, 0) is 0 Å². The SMILES string of the molecule is CNCCC1CCN1CCCO. The second-order valence-corrected chi connectivity index (χ2v) is 3.45. The monoisotopic (exact) mass is 172 g/mol. The van der Waals surface area contributed by atoms with E-state index in [-0.39, 0.29) is 0 Å². The van der Waals surface area contributed by atoms with Crippen LogP contribution >= 0.6 is 0 Å². The average molecular weight is 172 g/mol. The summed E-state index contributed by atoms with van der Waals surface area (Å²) in [5.41, 5.74) is 0.